The summed E-state index contributed by atoms with van der Waals surface area (Å²) in [5.41, 5.74) is 8.79. The number of oxazole rings is 1. The van der Waals surface area contributed by atoms with Gasteiger partial charge in [0.2, 0.25) is 5.95 Å². The maximum Gasteiger partial charge on any atom is 0.226 e. The highest BCUT2D eigenvalue weighted by molar-refractivity contribution is 5.89. The minimum Gasteiger partial charge on any atom is -0.447 e. The van der Waals surface area contributed by atoms with Gasteiger partial charge in [-0.15, -0.1) is 0 Å². The van der Waals surface area contributed by atoms with Gasteiger partial charge in [-0.05, 0) is 38.3 Å². The molecule has 0 atom stereocenters. The van der Waals surface area contributed by atoms with E-state index in [4.69, 9.17) is 10.2 Å². The van der Waals surface area contributed by atoms with Crippen LogP contribution in [-0.4, -0.2) is 44.0 Å². The molecule has 0 saturated carbocycles. The predicted molar refractivity (Wildman–Crippen MR) is 99.6 cm³/mol. The molecule has 1 fully saturated rings. The van der Waals surface area contributed by atoms with Crippen molar-refractivity contribution in [2.45, 2.75) is 39.3 Å². The Morgan fingerprint density at radius 3 is 2.77 bits per heavy atom. The van der Waals surface area contributed by atoms with Crippen molar-refractivity contribution in [3.63, 3.8) is 0 Å². The molecule has 0 spiro atoms. The maximum atomic E-state index is 6.16. The molecule has 8 nitrogen and oxygen atoms in total. The smallest absolute Gasteiger partial charge is 0.226 e. The summed E-state index contributed by atoms with van der Waals surface area (Å²) in [7, 11) is 0. The number of nitrogens with zero attached hydrogens (tertiary/aromatic N) is 5. The third-order valence-corrected chi connectivity index (χ3v) is 4.80. The van der Waals surface area contributed by atoms with Gasteiger partial charge in [-0.25, -0.2) is 9.97 Å². The Morgan fingerprint density at radius 2 is 2.04 bits per heavy atom. The lowest BCUT2D eigenvalue weighted by molar-refractivity contribution is 0.196. The fourth-order valence-electron chi connectivity index (χ4n) is 3.53. The number of rotatable bonds is 4. The summed E-state index contributed by atoms with van der Waals surface area (Å²) >= 11 is 0. The Hall–Kier alpha value is -2.74. The third kappa shape index (κ3) is 3.45. The van der Waals surface area contributed by atoms with Crippen molar-refractivity contribution < 1.29 is 4.42 Å². The summed E-state index contributed by atoms with van der Waals surface area (Å²) in [6.45, 7) is 6.74. The van der Waals surface area contributed by atoms with Gasteiger partial charge in [-0.2, -0.15) is 9.97 Å². The number of aryl methyl sites for hydroxylation is 2. The van der Waals surface area contributed by atoms with Crippen LogP contribution in [0.5, 0.6) is 0 Å². The number of fused-ring (bicyclic) bond motifs is 1. The lowest BCUT2D eigenvalue weighted by Gasteiger charge is -2.31. The molecule has 1 aliphatic rings. The highest BCUT2D eigenvalue weighted by Crippen LogP contribution is 2.24. The average molecular weight is 353 g/mol. The van der Waals surface area contributed by atoms with E-state index in [1.54, 1.807) is 6.20 Å². The van der Waals surface area contributed by atoms with E-state index in [-0.39, 0.29) is 0 Å². The number of likely N-dealkylation sites (tertiary alicyclic amines) is 1. The molecule has 4 heterocycles. The largest absolute Gasteiger partial charge is 0.447 e. The second kappa shape index (κ2) is 6.87. The molecule has 3 N–H and O–H groups in total. The van der Waals surface area contributed by atoms with Gasteiger partial charge >= 0.3 is 0 Å². The third-order valence-electron chi connectivity index (χ3n) is 4.80. The van der Waals surface area contributed by atoms with Crippen molar-refractivity contribution in [3.05, 3.63) is 35.7 Å². The van der Waals surface area contributed by atoms with Crippen LogP contribution in [-0.2, 0) is 6.54 Å². The molecule has 0 aliphatic carbocycles. The molecule has 3 aromatic heterocycles. The Morgan fingerprint density at radius 1 is 1.23 bits per heavy atom. The molecule has 8 heteroatoms. The van der Waals surface area contributed by atoms with Crippen LogP contribution in [0.1, 0.15) is 29.9 Å². The van der Waals surface area contributed by atoms with Crippen LogP contribution in [0, 0.1) is 13.8 Å². The summed E-state index contributed by atoms with van der Waals surface area (Å²) in [5.74, 6) is 1.94. The standard InChI is InChI=1S/C18H23N7O/c1-11-7-12(2)21-17-15(11)16(19)23-18(24-17)22-13-3-5-25(6-4-13)9-14-8-20-10-26-14/h7-8,10,13H,3-6,9H2,1-2H3,(H3,19,21,22,23,24). The van der Waals surface area contributed by atoms with Gasteiger partial charge in [0.05, 0.1) is 18.1 Å². The molecule has 0 amide bonds. The normalized spacial score (nSPS) is 16.2. The van der Waals surface area contributed by atoms with E-state index in [1.807, 2.05) is 19.9 Å². The quantitative estimate of drug-likeness (QED) is 0.736. The number of piperidine rings is 1. The first-order valence-electron chi connectivity index (χ1n) is 8.86. The van der Waals surface area contributed by atoms with Crippen molar-refractivity contribution in [2.24, 2.45) is 0 Å². The topological polar surface area (TPSA) is 106 Å². The highest BCUT2D eigenvalue weighted by atomic mass is 16.3. The number of nitrogens with two attached hydrogens (primary N) is 1. The number of hydrogen-bond acceptors (Lipinski definition) is 8. The van der Waals surface area contributed by atoms with Gasteiger partial charge in [-0.3, -0.25) is 4.90 Å². The summed E-state index contributed by atoms with van der Waals surface area (Å²) in [6.07, 6.45) is 5.26. The zero-order chi connectivity index (χ0) is 18.1. The molecular weight excluding hydrogens is 330 g/mol. The van der Waals surface area contributed by atoms with Crippen LogP contribution >= 0.6 is 0 Å². The molecule has 0 radical (unpaired) electrons. The molecule has 4 rings (SSSR count). The van der Waals surface area contributed by atoms with Crippen LogP contribution < -0.4 is 11.1 Å². The first-order chi connectivity index (χ1) is 12.6. The number of nitrogen functional groups attached to an aromatic ring is 1. The monoisotopic (exact) mass is 353 g/mol. The summed E-state index contributed by atoms with van der Waals surface area (Å²) < 4.78 is 5.32. The lowest BCUT2D eigenvalue weighted by atomic mass is 10.1. The SMILES string of the molecule is Cc1cc(C)c2c(N)nc(NC3CCN(Cc4cnco4)CC3)nc2n1. The Labute approximate surface area is 151 Å². The van der Waals surface area contributed by atoms with Crippen LogP contribution in [0.15, 0.2) is 23.1 Å². The fraction of sp³-hybridized carbons (Fsp3) is 0.444. The number of hydrogen-bond donors (Lipinski definition) is 2. The van der Waals surface area contributed by atoms with Crippen LogP contribution in [0.25, 0.3) is 11.0 Å². The molecule has 26 heavy (non-hydrogen) atoms. The van der Waals surface area contributed by atoms with Crippen LogP contribution in [0.2, 0.25) is 0 Å². The molecule has 1 saturated heterocycles. The maximum absolute atomic E-state index is 6.16. The van der Waals surface area contributed by atoms with Gasteiger partial charge in [0.15, 0.2) is 12.0 Å². The molecule has 0 unspecified atom stereocenters. The summed E-state index contributed by atoms with van der Waals surface area (Å²) in [5, 5.41) is 4.26. The second-order valence-corrected chi connectivity index (χ2v) is 6.87. The van der Waals surface area contributed by atoms with E-state index in [9.17, 15) is 0 Å². The van der Waals surface area contributed by atoms with Crippen molar-refractivity contribution >= 4 is 22.8 Å². The molecule has 3 aromatic rings. The lowest BCUT2D eigenvalue weighted by Crippen LogP contribution is -2.38. The van der Waals surface area contributed by atoms with E-state index in [0.29, 0.717) is 23.5 Å². The molecule has 1 aliphatic heterocycles. The van der Waals surface area contributed by atoms with E-state index >= 15 is 0 Å². The fourth-order valence-corrected chi connectivity index (χ4v) is 3.53. The Kier molecular flexibility index (Phi) is 4.42. The van der Waals surface area contributed by atoms with E-state index in [2.05, 4.69) is 30.2 Å². The second-order valence-electron chi connectivity index (χ2n) is 6.87. The van der Waals surface area contributed by atoms with Crippen LogP contribution in [0.3, 0.4) is 0 Å². The van der Waals surface area contributed by atoms with Crippen molar-refractivity contribution in [1.29, 1.82) is 0 Å². The average Bonchev–Trinajstić information content (AvgIpc) is 3.08. The van der Waals surface area contributed by atoms with E-state index < -0.39 is 0 Å². The minimum absolute atomic E-state index is 0.323. The van der Waals surface area contributed by atoms with Crippen molar-refractivity contribution in [2.75, 3.05) is 24.1 Å². The van der Waals surface area contributed by atoms with Gasteiger partial charge in [-0.1, -0.05) is 0 Å². The molecule has 136 valence electrons. The number of aromatic nitrogens is 4. The molecule has 0 bridgehead atoms. The Balaban J connectivity index is 1.43. The minimum atomic E-state index is 0.323. The summed E-state index contributed by atoms with van der Waals surface area (Å²) in [4.78, 5) is 19.9. The first-order valence-corrected chi connectivity index (χ1v) is 8.86. The Bertz CT molecular complexity index is 902. The van der Waals surface area contributed by atoms with Gasteiger partial charge in [0.1, 0.15) is 11.6 Å². The highest BCUT2D eigenvalue weighted by Gasteiger charge is 2.21. The number of anilines is 2. The van der Waals surface area contributed by atoms with Gasteiger partial charge in [0, 0.05) is 24.8 Å². The molecule has 0 aromatic carbocycles. The van der Waals surface area contributed by atoms with Crippen LogP contribution in [0.4, 0.5) is 11.8 Å². The number of nitrogens with one attached hydrogen (secondary N) is 1. The van der Waals surface area contributed by atoms with Crippen molar-refractivity contribution in [1.82, 2.24) is 24.8 Å². The van der Waals surface area contributed by atoms with E-state index in [0.717, 1.165) is 54.9 Å². The summed E-state index contributed by atoms with van der Waals surface area (Å²) in [6, 6.07) is 2.32. The van der Waals surface area contributed by atoms with Gasteiger partial charge in [0.25, 0.3) is 0 Å². The zero-order valence-electron chi connectivity index (χ0n) is 15.1. The van der Waals surface area contributed by atoms with Gasteiger partial charge < -0.3 is 15.5 Å². The van der Waals surface area contributed by atoms with Crippen molar-refractivity contribution in [3.8, 4) is 0 Å². The van der Waals surface area contributed by atoms with E-state index in [1.165, 1.54) is 6.39 Å². The molecular formula is C18H23N7O. The first kappa shape index (κ1) is 16.7. The number of pyridine rings is 1. The zero-order valence-corrected chi connectivity index (χ0v) is 15.1. The predicted octanol–water partition coefficient (Wildman–Crippen LogP) is 2.29.